The number of nitrogens with two attached hydrogens (primary N) is 1. The Morgan fingerprint density at radius 3 is 2.00 bits per heavy atom. The van der Waals surface area contributed by atoms with Gasteiger partial charge < -0.3 is 0 Å². The molecule has 0 aliphatic carbocycles. The van der Waals surface area contributed by atoms with Crippen LogP contribution in [0, 0.1) is 0 Å². The van der Waals surface area contributed by atoms with Gasteiger partial charge in [-0.25, -0.2) is 18.7 Å². The summed E-state index contributed by atoms with van der Waals surface area (Å²) in [7, 11) is -3.50. The Hall–Kier alpha value is -0.490. The van der Waals surface area contributed by atoms with E-state index in [1.165, 1.54) is 18.2 Å². The van der Waals surface area contributed by atoms with Crippen LogP contribution in [0.15, 0.2) is 18.2 Å². The predicted molar refractivity (Wildman–Crippen MR) is 58.0 cm³/mol. The quantitative estimate of drug-likeness (QED) is 0.645. The SMILES string of the molecule is CS(=O)(=O)N(N)c1cc(Cl)cc(Cl)c1. The molecule has 0 aliphatic heterocycles. The zero-order chi connectivity index (χ0) is 10.9. The van der Waals surface area contributed by atoms with Gasteiger partial charge in [0.15, 0.2) is 0 Å². The van der Waals surface area contributed by atoms with E-state index in [-0.39, 0.29) is 5.69 Å². The summed E-state index contributed by atoms with van der Waals surface area (Å²) in [6.07, 6.45) is 0.988. The van der Waals surface area contributed by atoms with Crippen molar-refractivity contribution in [3.63, 3.8) is 0 Å². The summed E-state index contributed by atoms with van der Waals surface area (Å²) in [6, 6.07) is 4.31. The molecule has 0 saturated carbocycles. The van der Waals surface area contributed by atoms with E-state index in [9.17, 15) is 8.42 Å². The molecule has 0 bridgehead atoms. The zero-order valence-electron chi connectivity index (χ0n) is 7.24. The van der Waals surface area contributed by atoms with E-state index in [1.807, 2.05) is 0 Å². The molecule has 0 atom stereocenters. The smallest absolute Gasteiger partial charge is 0.233 e. The Balaban J connectivity index is 3.20. The van der Waals surface area contributed by atoms with Gasteiger partial charge in [0.1, 0.15) is 0 Å². The minimum atomic E-state index is -3.50. The topological polar surface area (TPSA) is 63.4 Å². The van der Waals surface area contributed by atoms with E-state index < -0.39 is 10.0 Å². The minimum absolute atomic E-state index is 0.227. The van der Waals surface area contributed by atoms with Gasteiger partial charge in [-0.15, -0.1) is 0 Å². The van der Waals surface area contributed by atoms with Crippen LogP contribution >= 0.6 is 23.2 Å². The monoisotopic (exact) mass is 254 g/mol. The largest absolute Gasteiger partial charge is 0.245 e. The van der Waals surface area contributed by atoms with Gasteiger partial charge in [-0.3, -0.25) is 0 Å². The van der Waals surface area contributed by atoms with Gasteiger partial charge in [-0.2, -0.15) is 0 Å². The lowest BCUT2D eigenvalue weighted by molar-refractivity contribution is 0.598. The Labute approximate surface area is 92.2 Å². The van der Waals surface area contributed by atoms with Crippen molar-refractivity contribution < 1.29 is 8.42 Å². The molecule has 7 heteroatoms. The van der Waals surface area contributed by atoms with Crippen LogP contribution in [0.5, 0.6) is 0 Å². The highest BCUT2D eigenvalue weighted by atomic mass is 35.5. The number of rotatable bonds is 2. The molecule has 0 fully saturated rings. The third-order valence-corrected chi connectivity index (χ3v) is 2.82. The van der Waals surface area contributed by atoms with Crippen LogP contribution in [0.25, 0.3) is 0 Å². The predicted octanol–water partition coefficient (Wildman–Crippen LogP) is 1.63. The molecule has 0 unspecified atom stereocenters. The van der Waals surface area contributed by atoms with Crippen molar-refractivity contribution in [1.82, 2.24) is 0 Å². The van der Waals surface area contributed by atoms with Crippen LogP contribution in [0.1, 0.15) is 0 Å². The summed E-state index contributed by atoms with van der Waals surface area (Å²) in [6.45, 7) is 0. The van der Waals surface area contributed by atoms with E-state index in [1.54, 1.807) is 0 Å². The molecular weight excluding hydrogens is 247 g/mol. The van der Waals surface area contributed by atoms with Crippen molar-refractivity contribution >= 4 is 38.9 Å². The molecule has 4 nitrogen and oxygen atoms in total. The molecular formula is C7H8Cl2N2O2S. The number of hydrogen-bond acceptors (Lipinski definition) is 3. The molecule has 0 spiro atoms. The number of benzene rings is 1. The summed E-state index contributed by atoms with van der Waals surface area (Å²) < 4.78 is 22.8. The Morgan fingerprint density at radius 1 is 1.21 bits per heavy atom. The lowest BCUT2D eigenvalue weighted by Crippen LogP contribution is -2.36. The molecule has 1 aromatic rings. The van der Waals surface area contributed by atoms with Crippen LogP contribution in [0.3, 0.4) is 0 Å². The lowest BCUT2D eigenvalue weighted by atomic mass is 10.3. The Bertz CT molecular complexity index is 427. The van der Waals surface area contributed by atoms with E-state index >= 15 is 0 Å². The van der Waals surface area contributed by atoms with E-state index in [4.69, 9.17) is 29.0 Å². The van der Waals surface area contributed by atoms with E-state index in [0.717, 1.165) is 6.26 Å². The lowest BCUT2D eigenvalue weighted by Gasteiger charge is -2.16. The van der Waals surface area contributed by atoms with Gasteiger partial charge in [0.25, 0.3) is 0 Å². The summed E-state index contributed by atoms with van der Waals surface area (Å²) >= 11 is 11.4. The summed E-state index contributed by atoms with van der Waals surface area (Å²) in [5, 5.41) is 0.651. The molecule has 0 heterocycles. The standard InChI is InChI=1S/C7H8Cl2N2O2S/c1-14(12,13)11(10)7-3-5(8)2-6(9)4-7/h2-4H,10H2,1H3. The second-order valence-corrected chi connectivity index (χ2v) is 5.42. The van der Waals surface area contributed by atoms with Gasteiger partial charge in [-0.05, 0) is 18.2 Å². The van der Waals surface area contributed by atoms with Crippen LogP contribution in [-0.4, -0.2) is 14.7 Å². The Morgan fingerprint density at radius 2 is 1.64 bits per heavy atom. The van der Waals surface area contributed by atoms with E-state index in [2.05, 4.69) is 0 Å². The van der Waals surface area contributed by atoms with Crippen molar-refractivity contribution in [3.05, 3.63) is 28.2 Å². The van der Waals surface area contributed by atoms with Crippen LogP contribution in [0.4, 0.5) is 5.69 Å². The fourth-order valence-corrected chi connectivity index (χ4v) is 1.86. The van der Waals surface area contributed by atoms with Crippen molar-refractivity contribution in [2.24, 2.45) is 5.84 Å². The highest BCUT2D eigenvalue weighted by Gasteiger charge is 2.13. The number of hydrazine groups is 1. The number of sulfonamides is 1. The first-order valence-corrected chi connectivity index (χ1v) is 6.12. The second-order valence-electron chi connectivity index (χ2n) is 2.69. The second kappa shape index (κ2) is 3.94. The van der Waals surface area contributed by atoms with Crippen LogP contribution in [-0.2, 0) is 10.0 Å². The van der Waals surface area contributed by atoms with Gasteiger partial charge >= 0.3 is 0 Å². The van der Waals surface area contributed by atoms with Gasteiger partial charge in [0.2, 0.25) is 10.0 Å². The van der Waals surface area contributed by atoms with Gasteiger partial charge in [0, 0.05) is 10.0 Å². The summed E-state index contributed by atoms with van der Waals surface area (Å²) in [4.78, 5) is 0. The summed E-state index contributed by atoms with van der Waals surface area (Å²) in [5.41, 5.74) is 0.227. The first-order valence-electron chi connectivity index (χ1n) is 3.52. The molecule has 0 saturated heterocycles. The minimum Gasteiger partial charge on any atom is -0.233 e. The average molecular weight is 255 g/mol. The maximum Gasteiger partial charge on any atom is 0.245 e. The van der Waals surface area contributed by atoms with Crippen LogP contribution < -0.4 is 10.3 Å². The number of anilines is 1. The maximum absolute atomic E-state index is 11.1. The molecule has 0 amide bonds. The number of nitrogens with zero attached hydrogens (tertiary/aromatic N) is 1. The van der Waals surface area contributed by atoms with Crippen molar-refractivity contribution in [2.75, 3.05) is 10.7 Å². The fraction of sp³-hybridized carbons (Fsp3) is 0.143. The third kappa shape index (κ3) is 2.75. The van der Waals surface area contributed by atoms with Crippen molar-refractivity contribution in [3.8, 4) is 0 Å². The fourth-order valence-electron chi connectivity index (χ4n) is 0.858. The summed E-state index contributed by atoms with van der Waals surface area (Å²) in [5.74, 6) is 5.34. The molecule has 0 aromatic heterocycles. The first-order chi connectivity index (χ1) is 6.30. The normalized spacial score (nSPS) is 11.4. The molecule has 0 radical (unpaired) electrons. The average Bonchev–Trinajstić information content (AvgIpc) is 1.99. The highest BCUT2D eigenvalue weighted by Crippen LogP contribution is 2.24. The maximum atomic E-state index is 11.1. The van der Waals surface area contributed by atoms with Crippen LogP contribution in [0.2, 0.25) is 10.0 Å². The van der Waals surface area contributed by atoms with Gasteiger partial charge in [-0.1, -0.05) is 23.2 Å². The first kappa shape index (κ1) is 11.6. The number of hydrogen-bond donors (Lipinski definition) is 1. The Kier molecular flexibility index (Phi) is 3.26. The van der Waals surface area contributed by atoms with Crippen molar-refractivity contribution in [1.29, 1.82) is 0 Å². The van der Waals surface area contributed by atoms with E-state index in [0.29, 0.717) is 14.5 Å². The molecule has 14 heavy (non-hydrogen) atoms. The molecule has 0 aliphatic rings. The molecule has 1 rings (SSSR count). The third-order valence-electron chi connectivity index (χ3n) is 1.46. The van der Waals surface area contributed by atoms with Gasteiger partial charge in [0.05, 0.1) is 11.9 Å². The zero-order valence-corrected chi connectivity index (χ0v) is 9.57. The molecule has 1 aromatic carbocycles. The highest BCUT2D eigenvalue weighted by molar-refractivity contribution is 7.92. The van der Waals surface area contributed by atoms with Crippen molar-refractivity contribution in [2.45, 2.75) is 0 Å². The molecule has 2 N–H and O–H groups in total. The number of halogens is 2. The molecule has 78 valence electrons.